The monoisotopic (exact) mass is 369 g/mol. The van der Waals surface area contributed by atoms with E-state index in [1.165, 1.54) is 5.56 Å². The SMILES string of the molecule is CCc1ccc2c(c1)C(NC)(NC)CC(NC)(c1cc(C)cc(C)c1O)O2. The van der Waals surface area contributed by atoms with Gasteiger partial charge in [-0.3, -0.25) is 16.0 Å². The standard InChI is InChI=1S/C22H31N3O2/c1-7-16-8-9-19-17(12-16)21(23-4,24-5)13-22(25-6,27-19)18-11-14(2)10-15(3)20(18)26/h8-12,23-26H,7,13H2,1-6H3. The van der Waals surface area contributed by atoms with Gasteiger partial charge in [0.2, 0.25) is 0 Å². The molecule has 1 aliphatic heterocycles. The van der Waals surface area contributed by atoms with Crippen molar-refractivity contribution in [3.8, 4) is 11.5 Å². The van der Waals surface area contributed by atoms with Crippen LogP contribution in [0.2, 0.25) is 0 Å². The summed E-state index contributed by atoms with van der Waals surface area (Å²) in [6, 6.07) is 10.3. The van der Waals surface area contributed by atoms with Gasteiger partial charge in [-0.2, -0.15) is 0 Å². The van der Waals surface area contributed by atoms with Crippen LogP contribution in [-0.2, 0) is 17.8 Å². The highest BCUT2D eigenvalue weighted by molar-refractivity contribution is 5.50. The molecular formula is C22H31N3O2. The maximum atomic E-state index is 10.9. The number of rotatable bonds is 5. The molecule has 0 radical (unpaired) electrons. The van der Waals surface area contributed by atoms with Gasteiger partial charge in [0.1, 0.15) is 17.2 Å². The van der Waals surface area contributed by atoms with Crippen molar-refractivity contribution in [3.05, 3.63) is 58.1 Å². The molecule has 0 amide bonds. The first kappa shape index (κ1) is 19.7. The van der Waals surface area contributed by atoms with Crippen LogP contribution in [0, 0.1) is 13.8 Å². The molecule has 0 saturated carbocycles. The van der Waals surface area contributed by atoms with Crippen LogP contribution in [0.1, 0.15) is 41.2 Å². The predicted molar refractivity (Wildman–Crippen MR) is 109 cm³/mol. The Morgan fingerprint density at radius 1 is 1.00 bits per heavy atom. The fraction of sp³-hybridized carbons (Fsp3) is 0.455. The Bertz CT molecular complexity index is 846. The molecule has 0 aromatic heterocycles. The number of hydrogen-bond donors (Lipinski definition) is 4. The number of ether oxygens (including phenoxy) is 1. The average Bonchev–Trinajstić information content (AvgIpc) is 2.69. The predicted octanol–water partition coefficient (Wildman–Crippen LogP) is 3.02. The Hall–Kier alpha value is -2.08. The molecule has 1 atom stereocenters. The first-order valence-corrected chi connectivity index (χ1v) is 9.54. The van der Waals surface area contributed by atoms with Crippen LogP contribution in [0.5, 0.6) is 11.5 Å². The van der Waals surface area contributed by atoms with E-state index in [-0.39, 0.29) is 5.75 Å². The van der Waals surface area contributed by atoms with Crippen molar-refractivity contribution in [3.63, 3.8) is 0 Å². The molecule has 1 unspecified atom stereocenters. The quantitative estimate of drug-likeness (QED) is 0.610. The highest BCUT2D eigenvalue weighted by Gasteiger charge is 2.50. The summed E-state index contributed by atoms with van der Waals surface area (Å²) in [5, 5.41) is 21.2. The minimum Gasteiger partial charge on any atom is -0.507 e. The molecule has 27 heavy (non-hydrogen) atoms. The molecule has 5 nitrogen and oxygen atoms in total. The fourth-order valence-electron chi connectivity index (χ4n) is 4.18. The summed E-state index contributed by atoms with van der Waals surface area (Å²) in [5.74, 6) is 1.07. The summed E-state index contributed by atoms with van der Waals surface area (Å²) >= 11 is 0. The minimum absolute atomic E-state index is 0.268. The van der Waals surface area contributed by atoms with Crippen LogP contribution < -0.4 is 20.7 Å². The van der Waals surface area contributed by atoms with Gasteiger partial charge in [0, 0.05) is 12.0 Å². The second-order valence-corrected chi connectivity index (χ2v) is 7.42. The largest absolute Gasteiger partial charge is 0.507 e. The molecule has 0 bridgehead atoms. The van der Waals surface area contributed by atoms with Gasteiger partial charge in [0.15, 0.2) is 5.72 Å². The molecule has 146 valence electrons. The zero-order valence-corrected chi connectivity index (χ0v) is 17.2. The van der Waals surface area contributed by atoms with E-state index >= 15 is 0 Å². The van der Waals surface area contributed by atoms with Crippen molar-refractivity contribution >= 4 is 0 Å². The van der Waals surface area contributed by atoms with E-state index in [1.54, 1.807) is 0 Å². The second kappa shape index (κ2) is 7.15. The molecule has 2 aromatic rings. The Labute approximate surface area is 162 Å². The second-order valence-electron chi connectivity index (χ2n) is 7.42. The van der Waals surface area contributed by atoms with Gasteiger partial charge >= 0.3 is 0 Å². The van der Waals surface area contributed by atoms with Crippen LogP contribution in [0.3, 0.4) is 0 Å². The lowest BCUT2D eigenvalue weighted by Gasteiger charge is -2.49. The third-order valence-corrected chi connectivity index (χ3v) is 5.85. The Morgan fingerprint density at radius 2 is 1.70 bits per heavy atom. The van der Waals surface area contributed by atoms with E-state index in [0.717, 1.165) is 34.4 Å². The average molecular weight is 370 g/mol. The number of fused-ring (bicyclic) bond motifs is 1. The zero-order chi connectivity index (χ0) is 19.8. The number of nitrogens with one attached hydrogen (secondary N) is 3. The van der Waals surface area contributed by atoms with E-state index in [9.17, 15) is 5.11 Å². The Kier molecular flexibility index (Phi) is 5.21. The summed E-state index contributed by atoms with van der Waals surface area (Å²) in [4.78, 5) is 0. The van der Waals surface area contributed by atoms with Gasteiger partial charge in [-0.25, -0.2) is 0 Å². The van der Waals surface area contributed by atoms with E-state index in [1.807, 2.05) is 53.2 Å². The number of hydrogen-bond acceptors (Lipinski definition) is 5. The normalized spacial score (nSPS) is 20.8. The van der Waals surface area contributed by atoms with Gasteiger partial charge in [-0.1, -0.05) is 24.6 Å². The first-order chi connectivity index (χ1) is 12.8. The molecule has 3 rings (SSSR count). The van der Waals surface area contributed by atoms with E-state index in [4.69, 9.17) is 4.74 Å². The van der Waals surface area contributed by atoms with Gasteiger partial charge in [0.25, 0.3) is 0 Å². The molecule has 1 heterocycles. The van der Waals surface area contributed by atoms with Gasteiger partial charge in [0.05, 0.1) is 5.56 Å². The van der Waals surface area contributed by atoms with Crippen molar-refractivity contribution < 1.29 is 9.84 Å². The van der Waals surface area contributed by atoms with E-state index in [0.29, 0.717) is 6.42 Å². The van der Waals surface area contributed by atoms with Crippen LogP contribution >= 0.6 is 0 Å². The maximum Gasteiger partial charge on any atom is 0.194 e. The van der Waals surface area contributed by atoms with Gasteiger partial charge in [-0.05, 0) is 70.7 Å². The summed E-state index contributed by atoms with van der Waals surface area (Å²) in [6.45, 7) is 6.10. The molecule has 4 N–H and O–H groups in total. The van der Waals surface area contributed by atoms with Crippen LogP contribution in [0.25, 0.3) is 0 Å². The number of aryl methyl sites for hydroxylation is 3. The van der Waals surface area contributed by atoms with E-state index < -0.39 is 11.4 Å². The topological polar surface area (TPSA) is 65.5 Å². The van der Waals surface area contributed by atoms with Crippen LogP contribution in [0.15, 0.2) is 30.3 Å². The molecular weight excluding hydrogens is 338 g/mol. The summed E-state index contributed by atoms with van der Waals surface area (Å²) in [5.41, 5.74) is 3.67. The van der Waals surface area contributed by atoms with Crippen molar-refractivity contribution in [1.82, 2.24) is 16.0 Å². The smallest absolute Gasteiger partial charge is 0.194 e. The number of phenols is 1. The third-order valence-electron chi connectivity index (χ3n) is 5.85. The Morgan fingerprint density at radius 3 is 2.30 bits per heavy atom. The zero-order valence-electron chi connectivity index (χ0n) is 17.2. The minimum atomic E-state index is -0.867. The molecule has 0 saturated heterocycles. The van der Waals surface area contributed by atoms with Crippen molar-refractivity contribution in [2.45, 2.75) is 45.0 Å². The number of benzene rings is 2. The van der Waals surface area contributed by atoms with Crippen LogP contribution in [0.4, 0.5) is 0 Å². The lowest BCUT2D eigenvalue weighted by molar-refractivity contribution is -0.0330. The van der Waals surface area contributed by atoms with Crippen molar-refractivity contribution in [2.75, 3.05) is 21.1 Å². The highest BCUT2D eigenvalue weighted by Crippen LogP contribution is 2.48. The summed E-state index contributed by atoms with van der Waals surface area (Å²) in [6.07, 6.45) is 1.53. The van der Waals surface area contributed by atoms with E-state index in [2.05, 4.69) is 35.0 Å². The fourth-order valence-corrected chi connectivity index (χ4v) is 4.18. The lowest BCUT2D eigenvalue weighted by atomic mass is 9.81. The molecule has 0 fully saturated rings. The van der Waals surface area contributed by atoms with Crippen LogP contribution in [-0.4, -0.2) is 26.2 Å². The van der Waals surface area contributed by atoms with Crippen molar-refractivity contribution in [1.29, 1.82) is 0 Å². The number of phenolic OH excluding ortho intramolecular Hbond substituents is 1. The Balaban J connectivity index is 2.25. The molecule has 0 spiro atoms. The summed E-state index contributed by atoms with van der Waals surface area (Å²) in [7, 11) is 5.77. The third kappa shape index (κ3) is 3.10. The van der Waals surface area contributed by atoms with Gasteiger partial charge in [-0.15, -0.1) is 0 Å². The molecule has 0 aliphatic carbocycles. The first-order valence-electron chi connectivity index (χ1n) is 9.54. The van der Waals surface area contributed by atoms with Gasteiger partial charge < -0.3 is 9.84 Å². The lowest BCUT2D eigenvalue weighted by Crippen LogP contribution is -2.62. The maximum absolute atomic E-state index is 10.9. The molecule has 1 aliphatic rings. The molecule has 2 aromatic carbocycles. The molecule has 5 heteroatoms. The number of aromatic hydroxyl groups is 1. The highest BCUT2D eigenvalue weighted by atomic mass is 16.5. The summed E-state index contributed by atoms with van der Waals surface area (Å²) < 4.78 is 6.55. The van der Waals surface area contributed by atoms with Crippen molar-refractivity contribution in [2.24, 2.45) is 0 Å².